The zero-order chi connectivity index (χ0) is 18.5. The predicted molar refractivity (Wildman–Crippen MR) is 108 cm³/mol. The number of ether oxygens (including phenoxy) is 2. The van der Waals surface area contributed by atoms with Gasteiger partial charge in [-0.2, -0.15) is 0 Å². The summed E-state index contributed by atoms with van der Waals surface area (Å²) < 4.78 is 11.9. The molecule has 0 amide bonds. The van der Waals surface area contributed by atoms with Crippen LogP contribution < -0.4 is 5.32 Å². The molecule has 4 rings (SSSR count). The number of guanidine groups is 1. The minimum atomic E-state index is 0.161. The molecular weight excluding hydrogens is 338 g/mol. The molecule has 2 heterocycles. The first kappa shape index (κ1) is 18.8. The first-order valence-corrected chi connectivity index (χ1v) is 10.6. The zero-order valence-corrected chi connectivity index (χ0v) is 16.5. The van der Waals surface area contributed by atoms with E-state index in [0.29, 0.717) is 0 Å². The van der Waals surface area contributed by atoms with Crippen LogP contribution in [0, 0.1) is 0 Å². The average Bonchev–Trinajstić information content (AvgIpc) is 3.42. The third-order valence-corrected chi connectivity index (χ3v) is 6.52. The largest absolute Gasteiger partial charge is 0.375 e. The molecule has 3 aliphatic rings. The smallest absolute Gasteiger partial charge is 0.193 e. The minimum absolute atomic E-state index is 0.161. The van der Waals surface area contributed by atoms with E-state index in [9.17, 15) is 0 Å². The lowest BCUT2D eigenvalue weighted by atomic mass is 9.79. The van der Waals surface area contributed by atoms with Crippen LogP contribution in [-0.2, 0) is 14.9 Å². The second kappa shape index (κ2) is 8.61. The Hall–Kier alpha value is -1.59. The van der Waals surface area contributed by atoms with E-state index in [1.165, 1.54) is 31.2 Å². The molecule has 1 N–H and O–H groups in total. The van der Waals surface area contributed by atoms with Crippen molar-refractivity contribution in [2.24, 2.45) is 4.99 Å². The second-order valence-electron chi connectivity index (χ2n) is 8.16. The highest BCUT2D eigenvalue weighted by Gasteiger charge is 2.37. The molecule has 2 atom stereocenters. The van der Waals surface area contributed by atoms with Gasteiger partial charge in [-0.05, 0) is 31.2 Å². The number of benzene rings is 1. The summed E-state index contributed by atoms with van der Waals surface area (Å²) in [7, 11) is 1.89. The van der Waals surface area contributed by atoms with Gasteiger partial charge in [-0.1, -0.05) is 43.2 Å². The Morgan fingerprint density at radius 1 is 1.11 bits per heavy atom. The van der Waals surface area contributed by atoms with Gasteiger partial charge in [0, 0.05) is 38.7 Å². The van der Waals surface area contributed by atoms with Crippen LogP contribution in [0.3, 0.4) is 0 Å². The quantitative estimate of drug-likeness (QED) is 0.653. The topological polar surface area (TPSA) is 46.1 Å². The molecule has 0 aromatic heterocycles. The van der Waals surface area contributed by atoms with E-state index in [1.807, 2.05) is 7.05 Å². The van der Waals surface area contributed by atoms with Crippen LogP contribution in [0.1, 0.15) is 44.1 Å². The van der Waals surface area contributed by atoms with Crippen molar-refractivity contribution in [1.29, 1.82) is 0 Å². The van der Waals surface area contributed by atoms with Crippen LogP contribution in [-0.4, -0.2) is 63.0 Å². The van der Waals surface area contributed by atoms with Crippen molar-refractivity contribution in [2.45, 2.75) is 56.1 Å². The van der Waals surface area contributed by atoms with Gasteiger partial charge in [-0.15, -0.1) is 0 Å². The zero-order valence-electron chi connectivity index (χ0n) is 16.5. The van der Waals surface area contributed by atoms with Gasteiger partial charge < -0.3 is 19.7 Å². The van der Waals surface area contributed by atoms with E-state index in [0.717, 1.165) is 51.6 Å². The second-order valence-corrected chi connectivity index (χ2v) is 8.16. The maximum absolute atomic E-state index is 6.00. The van der Waals surface area contributed by atoms with Gasteiger partial charge >= 0.3 is 0 Å². The molecule has 0 spiro atoms. The number of nitrogens with one attached hydrogen (secondary N) is 1. The number of morpholine rings is 1. The van der Waals surface area contributed by atoms with E-state index in [4.69, 9.17) is 9.47 Å². The van der Waals surface area contributed by atoms with E-state index in [-0.39, 0.29) is 17.6 Å². The standard InChI is InChI=1S/C22H33N3O2/c1-23-21(25-13-15-27-20(16-25)19-10-7-14-26-19)24-17-22(11-5-6-12-22)18-8-3-2-4-9-18/h2-4,8-9,19-20H,5-7,10-17H2,1H3,(H,23,24). The van der Waals surface area contributed by atoms with Crippen molar-refractivity contribution >= 4 is 5.96 Å². The van der Waals surface area contributed by atoms with Crippen LogP contribution in [0.25, 0.3) is 0 Å². The molecule has 3 fully saturated rings. The number of hydrogen-bond donors (Lipinski definition) is 1. The van der Waals surface area contributed by atoms with Crippen molar-refractivity contribution in [2.75, 3.05) is 39.9 Å². The molecule has 1 saturated carbocycles. The summed E-state index contributed by atoms with van der Waals surface area (Å²) >= 11 is 0. The molecule has 1 aromatic rings. The van der Waals surface area contributed by atoms with E-state index in [1.54, 1.807) is 0 Å². The van der Waals surface area contributed by atoms with Crippen molar-refractivity contribution < 1.29 is 9.47 Å². The summed E-state index contributed by atoms with van der Waals surface area (Å²) in [5.74, 6) is 1.00. The van der Waals surface area contributed by atoms with Crippen LogP contribution in [0.2, 0.25) is 0 Å². The fourth-order valence-corrected chi connectivity index (χ4v) is 4.98. The lowest BCUT2D eigenvalue weighted by molar-refractivity contribution is -0.0817. The summed E-state index contributed by atoms with van der Waals surface area (Å²) in [5, 5.41) is 3.71. The van der Waals surface area contributed by atoms with Crippen molar-refractivity contribution in [1.82, 2.24) is 10.2 Å². The summed E-state index contributed by atoms with van der Waals surface area (Å²) in [5.41, 5.74) is 1.70. The van der Waals surface area contributed by atoms with Crippen LogP contribution in [0.15, 0.2) is 35.3 Å². The Kier molecular flexibility index (Phi) is 5.98. The third-order valence-electron chi connectivity index (χ3n) is 6.52. The average molecular weight is 372 g/mol. The van der Waals surface area contributed by atoms with Gasteiger partial charge in [0.25, 0.3) is 0 Å². The Morgan fingerprint density at radius 3 is 2.59 bits per heavy atom. The molecule has 27 heavy (non-hydrogen) atoms. The first-order chi connectivity index (χ1) is 13.3. The molecule has 1 aliphatic carbocycles. The molecule has 5 heteroatoms. The summed E-state index contributed by atoms with van der Waals surface area (Å²) in [6.07, 6.45) is 7.80. The fraction of sp³-hybridized carbons (Fsp3) is 0.682. The SMILES string of the molecule is CN=C(NCC1(c2ccccc2)CCCC1)N1CCOC(C2CCCO2)C1. The van der Waals surface area contributed by atoms with Crippen LogP contribution in [0.5, 0.6) is 0 Å². The number of aliphatic imine (C=N–C) groups is 1. The van der Waals surface area contributed by atoms with E-state index < -0.39 is 0 Å². The molecule has 2 saturated heterocycles. The number of nitrogens with zero attached hydrogens (tertiary/aromatic N) is 2. The van der Waals surface area contributed by atoms with Gasteiger partial charge in [0.05, 0.1) is 12.7 Å². The Morgan fingerprint density at radius 2 is 1.89 bits per heavy atom. The molecule has 2 unspecified atom stereocenters. The monoisotopic (exact) mass is 371 g/mol. The maximum Gasteiger partial charge on any atom is 0.193 e. The highest BCUT2D eigenvalue weighted by molar-refractivity contribution is 5.80. The van der Waals surface area contributed by atoms with Crippen LogP contribution >= 0.6 is 0 Å². The minimum Gasteiger partial charge on any atom is -0.375 e. The highest BCUT2D eigenvalue weighted by atomic mass is 16.5. The molecule has 1 aromatic carbocycles. The fourth-order valence-electron chi connectivity index (χ4n) is 4.98. The van der Waals surface area contributed by atoms with Crippen molar-refractivity contribution in [3.8, 4) is 0 Å². The summed E-state index contributed by atoms with van der Waals surface area (Å²) in [4.78, 5) is 6.94. The van der Waals surface area contributed by atoms with Gasteiger partial charge in [0.2, 0.25) is 0 Å². The molecule has 2 aliphatic heterocycles. The van der Waals surface area contributed by atoms with Gasteiger partial charge in [-0.3, -0.25) is 4.99 Å². The Labute approximate surface area is 163 Å². The van der Waals surface area contributed by atoms with E-state index in [2.05, 4.69) is 45.5 Å². The summed E-state index contributed by atoms with van der Waals surface area (Å²) in [6.45, 7) is 4.32. The highest BCUT2D eigenvalue weighted by Crippen LogP contribution is 2.40. The lowest BCUT2D eigenvalue weighted by Gasteiger charge is -2.38. The predicted octanol–water partition coefficient (Wildman–Crippen LogP) is 2.95. The third kappa shape index (κ3) is 4.14. The van der Waals surface area contributed by atoms with Crippen LogP contribution in [0.4, 0.5) is 0 Å². The van der Waals surface area contributed by atoms with Gasteiger partial charge in [0.1, 0.15) is 6.10 Å². The molecule has 0 bridgehead atoms. The van der Waals surface area contributed by atoms with Crippen molar-refractivity contribution in [3.05, 3.63) is 35.9 Å². The first-order valence-electron chi connectivity index (χ1n) is 10.6. The number of hydrogen-bond acceptors (Lipinski definition) is 3. The van der Waals surface area contributed by atoms with E-state index >= 15 is 0 Å². The maximum atomic E-state index is 6.00. The lowest BCUT2D eigenvalue weighted by Crippen LogP contribution is -2.54. The Bertz CT molecular complexity index is 622. The Balaban J connectivity index is 1.41. The molecule has 148 valence electrons. The normalized spacial score (nSPS) is 28.5. The van der Waals surface area contributed by atoms with Crippen molar-refractivity contribution in [3.63, 3.8) is 0 Å². The molecule has 5 nitrogen and oxygen atoms in total. The number of rotatable bonds is 4. The molecule has 0 radical (unpaired) electrons. The molecular formula is C22H33N3O2. The summed E-state index contributed by atoms with van der Waals surface area (Å²) in [6, 6.07) is 11.0. The van der Waals surface area contributed by atoms with Gasteiger partial charge in [0.15, 0.2) is 5.96 Å². The van der Waals surface area contributed by atoms with Gasteiger partial charge in [-0.25, -0.2) is 0 Å².